The Morgan fingerprint density at radius 1 is 1.22 bits per heavy atom. The minimum Gasteiger partial charge on any atom is -0.462 e. The van der Waals surface area contributed by atoms with Crippen LogP contribution in [0, 0.1) is 12.8 Å². The number of rotatable bonds is 6. The highest BCUT2D eigenvalue weighted by Gasteiger charge is 2.22. The number of carbonyl (C=O) groups is 2. The van der Waals surface area contributed by atoms with Gasteiger partial charge in [0.05, 0.1) is 11.5 Å². The van der Waals surface area contributed by atoms with Crippen LogP contribution in [0.5, 0.6) is 0 Å². The second-order valence-corrected chi connectivity index (χ2v) is 7.28. The molecule has 0 saturated heterocycles. The molecule has 0 radical (unpaired) electrons. The van der Waals surface area contributed by atoms with Gasteiger partial charge >= 0.3 is 5.97 Å². The Morgan fingerprint density at radius 3 is 2.65 bits per heavy atom. The molecule has 2 rings (SSSR count). The highest BCUT2D eigenvalue weighted by atomic mass is 32.2. The van der Waals surface area contributed by atoms with Crippen LogP contribution in [0.1, 0.15) is 38.2 Å². The van der Waals surface area contributed by atoms with Gasteiger partial charge in [-0.1, -0.05) is 31.0 Å². The minimum absolute atomic E-state index is 0.0632. The molecule has 1 amide bonds. The maximum atomic E-state index is 11.8. The van der Waals surface area contributed by atoms with Gasteiger partial charge in [-0.3, -0.25) is 9.59 Å². The summed E-state index contributed by atoms with van der Waals surface area (Å²) in [6, 6.07) is 7.64. The lowest BCUT2D eigenvalue weighted by Gasteiger charge is -2.26. The molecular formula is C18H25NO3S. The molecule has 1 aliphatic carbocycles. The number of nitrogens with one attached hydrogen (secondary N) is 1. The van der Waals surface area contributed by atoms with E-state index in [-0.39, 0.29) is 29.5 Å². The molecule has 23 heavy (non-hydrogen) atoms. The van der Waals surface area contributed by atoms with E-state index >= 15 is 0 Å². The fourth-order valence-corrected chi connectivity index (χ4v) is 3.36. The molecule has 4 nitrogen and oxygen atoms in total. The molecule has 1 saturated carbocycles. The highest BCUT2D eigenvalue weighted by Crippen LogP contribution is 2.26. The van der Waals surface area contributed by atoms with Crippen molar-refractivity contribution in [1.82, 2.24) is 0 Å². The van der Waals surface area contributed by atoms with Crippen LogP contribution in [0.15, 0.2) is 24.3 Å². The molecular weight excluding hydrogens is 310 g/mol. The van der Waals surface area contributed by atoms with Gasteiger partial charge < -0.3 is 10.1 Å². The summed E-state index contributed by atoms with van der Waals surface area (Å²) in [5.41, 5.74) is 1.93. The predicted molar refractivity (Wildman–Crippen MR) is 94.6 cm³/mol. The van der Waals surface area contributed by atoms with Gasteiger partial charge in [-0.05, 0) is 44.2 Å². The zero-order valence-electron chi connectivity index (χ0n) is 13.8. The normalized spacial score (nSPS) is 20.8. The molecule has 0 aromatic heterocycles. The molecule has 0 spiro atoms. The van der Waals surface area contributed by atoms with Gasteiger partial charge in [0.25, 0.3) is 0 Å². The average Bonchev–Trinajstić information content (AvgIpc) is 2.49. The Kier molecular flexibility index (Phi) is 6.96. The molecule has 2 unspecified atom stereocenters. The molecule has 5 heteroatoms. The number of ether oxygens (including phenoxy) is 1. The van der Waals surface area contributed by atoms with E-state index in [2.05, 4.69) is 12.2 Å². The van der Waals surface area contributed by atoms with Crippen molar-refractivity contribution >= 4 is 29.3 Å². The number of carbonyl (C=O) groups excluding carboxylic acids is 2. The number of hydrogen-bond donors (Lipinski definition) is 1. The van der Waals surface area contributed by atoms with Crippen molar-refractivity contribution in [3.63, 3.8) is 0 Å². The first-order valence-corrected chi connectivity index (χ1v) is 9.32. The predicted octanol–water partition coefficient (Wildman–Crippen LogP) is 3.79. The fraction of sp³-hybridized carbons (Fsp3) is 0.556. The lowest BCUT2D eigenvalue weighted by atomic mass is 9.89. The number of esters is 1. The van der Waals surface area contributed by atoms with Gasteiger partial charge in [0.2, 0.25) is 5.91 Å². The van der Waals surface area contributed by atoms with Crippen molar-refractivity contribution in [2.45, 2.75) is 45.6 Å². The zero-order chi connectivity index (χ0) is 16.7. The highest BCUT2D eigenvalue weighted by molar-refractivity contribution is 8.00. The Labute approximate surface area is 142 Å². The van der Waals surface area contributed by atoms with Crippen LogP contribution in [0.25, 0.3) is 0 Å². The van der Waals surface area contributed by atoms with E-state index in [0.29, 0.717) is 5.92 Å². The van der Waals surface area contributed by atoms with Gasteiger partial charge in [-0.2, -0.15) is 0 Å². The first kappa shape index (κ1) is 17.9. The maximum absolute atomic E-state index is 11.8. The van der Waals surface area contributed by atoms with Gasteiger partial charge in [0, 0.05) is 5.69 Å². The first-order chi connectivity index (χ1) is 11.0. The molecule has 1 aromatic carbocycles. The average molecular weight is 335 g/mol. The molecule has 1 N–H and O–H groups in total. The standard InChI is InChI=1S/C18H25NO3S/c1-13-6-8-15(9-7-13)19-17(20)11-23-12-18(21)22-16-5-3-4-14(2)10-16/h6-9,14,16H,3-5,10-12H2,1-2H3,(H,19,20). The zero-order valence-corrected chi connectivity index (χ0v) is 14.7. The first-order valence-electron chi connectivity index (χ1n) is 8.16. The Balaban J connectivity index is 1.62. The lowest BCUT2D eigenvalue weighted by molar-refractivity contribution is -0.147. The number of amides is 1. The summed E-state index contributed by atoms with van der Waals surface area (Å²) in [6.45, 7) is 4.20. The van der Waals surface area contributed by atoms with Crippen molar-refractivity contribution in [1.29, 1.82) is 0 Å². The number of benzene rings is 1. The topological polar surface area (TPSA) is 55.4 Å². The van der Waals surface area contributed by atoms with Crippen LogP contribution >= 0.6 is 11.8 Å². The third-order valence-corrected chi connectivity index (χ3v) is 4.88. The lowest BCUT2D eigenvalue weighted by Crippen LogP contribution is -2.25. The second kappa shape index (κ2) is 8.96. The van der Waals surface area contributed by atoms with Crippen LogP contribution in [0.3, 0.4) is 0 Å². The van der Waals surface area contributed by atoms with Crippen LogP contribution in [0.2, 0.25) is 0 Å². The Bertz CT molecular complexity index is 530. The summed E-state index contributed by atoms with van der Waals surface area (Å²) in [6.07, 6.45) is 4.35. The number of hydrogen-bond acceptors (Lipinski definition) is 4. The minimum atomic E-state index is -0.211. The maximum Gasteiger partial charge on any atom is 0.316 e. The van der Waals surface area contributed by atoms with Crippen LogP contribution in [0.4, 0.5) is 5.69 Å². The van der Waals surface area contributed by atoms with Crippen LogP contribution < -0.4 is 5.32 Å². The monoisotopic (exact) mass is 335 g/mol. The summed E-state index contributed by atoms with van der Waals surface area (Å²) in [5, 5.41) is 2.82. The summed E-state index contributed by atoms with van der Waals surface area (Å²) >= 11 is 1.29. The summed E-state index contributed by atoms with van der Waals surface area (Å²) in [5.74, 6) is 0.806. The molecule has 2 atom stereocenters. The van der Waals surface area contributed by atoms with E-state index in [1.54, 1.807) is 0 Å². The smallest absolute Gasteiger partial charge is 0.316 e. The van der Waals surface area contributed by atoms with Crippen LogP contribution in [-0.2, 0) is 14.3 Å². The number of anilines is 1. The van der Waals surface area contributed by atoms with Gasteiger partial charge in [-0.15, -0.1) is 11.8 Å². The van der Waals surface area contributed by atoms with Gasteiger partial charge in [-0.25, -0.2) is 0 Å². The van der Waals surface area contributed by atoms with E-state index in [1.165, 1.54) is 18.2 Å². The number of aryl methyl sites for hydroxylation is 1. The van der Waals surface area contributed by atoms with E-state index in [9.17, 15) is 9.59 Å². The molecule has 0 bridgehead atoms. The van der Waals surface area contributed by atoms with Gasteiger partial charge in [0.15, 0.2) is 0 Å². The SMILES string of the molecule is Cc1ccc(NC(=O)CSCC(=O)OC2CCCC(C)C2)cc1. The summed E-state index contributed by atoms with van der Waals surface area (Å²) in [7, 11) is 0. The number of thioether (sulfide) groups is 1. The van der Waals surface area contributed by atoms with Crippen molar-refractivity contribution in [3.8, 4) is 0 Å². The van der Waals surface area contributed by atoms with Gasteiger partial charge in [0.1, 0.15) is 6.10 Å². The Morgan fingerprint density at radius 2 is 1.96 bits per heavy atom. The molecule has 126 valence electrons. The van der Waals surface area contributed by atoms with Crippen molar-refractivity contribution in [2.24, 2.45) is 5.92 Å². The quantitative estimate of drug-likeness (QED) is 0.804. The van der Waals surface area contributed by atoms with Crippen LogP contribution in [-0.4, -0.2) is 29.5 Å². The molecule has 0 heterocycles. The molecule has 1 fully saturated rings. The van der Waals surface area contributed by atoms with E-state index in [0.717, 1.165) is 30.5 Å². The third-order valence-electron chi connectivity index (χ3n) is 3.97. The van der Waals surface area contributed by atoms with Crippen molar-refractivity contribution in [2.75, 3.05) is 16.8 Å². The van der Waals surface area contributed by atoms with E-state index in [4.69, 9.17) is 4.74 Å². The second-order valence-electron chi connectivity index (χ2n) is 6.29. The van der Waals surface area contributed by atoms with E-state index < -0.39 is 0 Å². The Hall–Kier alpha value is -1.49. The molecule has 0 aliphatic heterocycles. The molecule has 1 aliphatic rings. The summed E-state index contributed by atoms with van der Waals surface area (Å²) < 4.78 is 5.48. The fourth-order valence-electron chi connectivity index (χ4n) is 2.77. The van der Waals surface area contributed by atoms with E-state index in [1.807, 2.05) is 31.2 Å². The molecule has 1 aromatic rings. The van der Waals surface area contributed by atoms with Crippen molar-refractivity contribution < 1.29 is 14.3 Å². The largest absolute Gasteiger partial charge is 0.462 e. The van der Waals surface area contributed by atoms with Crippen molar-refractivity contribution in [3.05, 3.63) is 29.8 Å². The summed E-state index contributed by atoms with van der Waals surface area (Å²) in [4.78, 5) is 23.6. The third kappa shape index (κ3) is 6.65.